The van der Waals surface area contributed by atoms with Crippen molar-refractivity contribution in [3.05, 3.63) is 40.8 Å². The lowest BCUT2D eigenvalue weighted by Gasteiger charge is -1.99. The quantitative estimate of drug-likeness (QED) is 0.599. The van der Waals surface area contributed by atoms with E-state index in [-0.39, 0.29) is 5.43 Å². The molecule has 0 aromatic carbocycles. The fourth-order valence-corrected chi connectivity index (χ4v) is 0.988. The summed E-state index contributed by atoms with van der Waals surface area (Å²) in [6.07, 6.45) is 3.36. The van der Waals surface area contributed by atoms with E-state index < -0.39 is 0 Å². The number of fused-ring (bicyclic) bond motifs is 1. The first-order valence-electron chi connectivity index (χ1n) is 3.30. The van der Waals surface area contributed by atoms with Gasteiger partial charge in [0.2, 0.25) is 0 Å². The Hall–Kier alpha value is -1.64. The van der Waals surface area contributed by atoms with Crippen LogP contribution in [-0.4, -0.2) is 9.97 Å². The van der Waals surface area contributed by atoms with Crippen LogP contribution in [0, 0.1) is 0 Å². The molecule has 0 saturated carbocycles. The average Bonchev–Trinajstić information content (AvgIpc) is 2.04. The molecule has 0 fully saturated rings. The van der Waals surface area contributed by atoms with Gasteiger partial charge < -0.3 is 4.98 Å². The molecular formula is C8H6N2O. The van der Waals surface area contributed by atoms with Crippen LogP contribution in [0.4, 0.5) is 0 Å². The first kappa shape index (κ1) is 6.09. The molecule has 0 spiro atoms. The Bertz CT molecular complexity index is 394. The minimum absolute atomic E-state index is 0.00162. The van der Waals surface area contributed by atoms with E-state index in [9.17, 15) is 4.79 Å². The highest BCUT2D eigenvalue weighted by Gasteiger charge is 1.99. The molecule has 0 saturated heterocycles. The Kier molecular flexibility index (Phi) is 1.22. The molecule has 11 heavy (non-hydrogen) atoms. The van der Waals surface area contributed by atoms with Crippen molar-refractivity contribution in [2.75, 3.05) is 0 Å². The highest BCUT2D eigenvalue weighted by molar-refractivity contribution is 5.54. The molecule has 0 radical (unpaired) electrons. The molecule has 0 bridgehead atoms. The number of hydrogen-bond donors (Lipinski definition) is 1. The van der Waals surface area contributed by atoms with Crippen molar-refractivity contribution < 1.29 is 0 Å². The Balaban J connectivity index is 2.84. The molecule has 0 aromatic rings. The van der Waals surface area contributed by atoms with Gasteiger partial charge in [-0.25, -0.2) is 0 Å². The summed E-state index contributed by atoms with van der Waals surface area (Å²) in [6.45, 7) is 0. The number of nitrogens with zero attached hydrogens (tertiary/aromatic N) is 1. The summed E-state index contributed by atoms with van der Waals surface area (Å²) >= 11 is 0. The summed E-state index contributed by atoms with van der Waals surface area (Å²) in [5.74, 6) is 0. The summed E-state index contributed by atoms with van der Waals surface area (Å²) in [5.41, 5.74) is 1.59. The fourth-order valence-electron chi connectivity index (χ4n) is 0.988. The number of aromatic amines is 1. The van der Waals surface area contributed by atoms with Crippen molar-refractivity contribution in [1.29, 1.82) is 0 Å². The van der Waals surface area contributed by atoms with Crippen LogP contribution in [0.15, 0.2) is 35.4 Å². The van der Waals surface area contributed by atoms with E-state index in [0.29, 0.717) is 0 Å². The number of hydrogen-bond acceptors (Lipinski definition) is 2. The molecule has 54 valence electrons. The van der Waals surface area contributed by atoms with E-state index in [1.165, 1.54) is 12.1 Å². The van der Waals surface area contributed by atoms with E-state index in [1.807, 2.05) is 0 Å². The lowest BCUT2D eigenvalue weighted by Crippen LogP contribution is -2.00. The van der Waals surface area contributed by atoms with Crippen LogP contribution in [0.3, 0.4) is 0 Å². The second-order valence-electron chi connectivity index (χ2n) is 2.27. The summed E-state index contributed by atoms with van der Waals surface area (Å²) in [4.78, 5) is 17.8. The molecule has 0 unspecified atom stereocenters. The number of aromatic nitrogens is 2. The smallest absolute Gasteiger partial charge is 0.180 e. The van der Waals surface area contributed by atoms with E-state index in [2.05, 4.69) is 9.97 Å². The molecule has 1 heterocycles. The molecule has 0 aromatic heterocycles. The van der Waals surface area contributed by atoms with Crippen molar-refractivity contribution in [2.24, 2.45) is 0 Å². The van der Waals surface area contributed by atoms with Gasteiger partial charge in [-0.15, -0.1) is 0 Å². The minimum Gasteiger partial charge on any atom is -0.358 e. The van der Waals surface area contributed by atoms with E-state index in [0.717, 1.165) is 11.4 Å². The zero-order chi connectivity index (χ0) is 7.68. The molecule has 3 heteroatoms. The molecule has 1 aliphatic heterocycles. The van der Waals surface area contributed by atoms with Crippen LogP contribution in [0.5, 0.6) is 0 Å². The maximum atomic E-state index is 10.8. The van der Waals surface area contributed by atoms with Gasteiger partial charge in [0.05, 0.1) is 11.4 Å². The van der Waals surface area contributed by atoms with Gasteiger partial charge in [0, 0.05) is 18.5 Å². The highest BCUT2D eigenvalue weighted by Crippen LogP contribution is 2.10. The molecule has 0 amide bonds. The lowest BCUT2D eigenvalue weighted by atomic mass is 10.2. The van der Waals surface area contributed by atoms with Gasteiger partial charge in [0.15, 0.2) is 5.43 Å². The molecular weight excluding hydrogens is 140 g/mol. The Morgan fingerprint density at radius 3 is 3.18 bits per heavy atom. The summed E-state index contributed by atoms with van der Waals surface area (Å²) in [5, 5.41) is 0. The van der Waals surface area contributed by atoms with Crippen molar-refractivity contribution in [3.8, 4) is 11.4 Å². The summed E-state index contributed by atoms with van der Waals surface area (Å²) in [7, 11) is 0. The van der Waals surface area contributed by atoms with Gasteiger partial charge in [-0.05, 0) is 12.1 Å². The standard InChI is InChI=1S/C8H6N2O/c11-6-1-2-7-8(5-6)10-4-3-9-7/h1-5,10H. The van der Waals surface area contributed by atoms with Gasteiger partial charge in [-0.2, -0.15) is 0 Å². The zero-order valence-electron chi connectivity index (χ0n) is 5.74. The predicted molar refractivity (Wildman–Crippen MR) is 41.5 cm³/mol. The maximum absolute atomic E-state index is 10.8. The highest BCUT2D eigenvalue weighted by atomic mass is 16.1. The zero-order valence-corrected chi connectivity index (χ0v) is 5.74. The third-order valence-corrected chi connectivity index (χ3v) is 1.50. The van der Waals surface area contributed by atoms with E-state index in [1.54, 1.807) is 18.5 Å². The van der Waals surface area contributed by atoms with Gasteiger partial charge in [0.25, 0.3) is 0 Å². The van der Waals surface area contributed by atoms with Gasteiger partial charge in [0.1, 0.15) is 0 Å². The third kappa shape index (κ3) is 1.00. The van der Waals surface area contributed by atoms with Crippen LogP contribution in [-0.2, 0) is 0 Å². The normalized spacial score (nSPS) is 10.2. The largest absolute Gasteiger partial charge is 0.358 e. The van der Waals surface area contributed by atoms with Crippen LogP contribution < -0.4 is 5.43 Å². The topological polar surface area (TPSA) is 45.8 Å². The second-order valence-corrected chi connectivity index (χ2v) is 2.27. The van der Waals surface area contributed by atoms with Gasteiger partial charge in [-0.3, -0.25) is 9.78 Å². The maximum Gasteiger partial charge on any atom is 0.180 e. The Morgan fingerprint density at radius 1 is 1.36 bits per heavy atom. The second kappa shape index (κ2) is 2.20. The van der Waals surface area contributed by atoms with E-state index >= 15 is 0 Å². The first-order chi connectivity index (χ1) is 5.36. The Labute approximate surface area is 63.1 Å². The van der Waals surface area contributed by atoms with Crippen LogP contribution >= 0.6 is 0 Å². The first-order valence-corrected chi connectivity index (χ1v) is 3.30. The number of nitrogens with one attached hydrogen (secondary N) is 1. The third-order valence-electron chi connectivity index (χ3n) is 1.50. The van der Waals surface area contributed by atoms with Crippen LogP contribution in [0.1, 0.15) is 0 Å². The van der Waals surface area contributed by atoms with Crippen molar-refractivity contribution in [2.45, 2.75) is 0 Å². The van der Waals surface area contributed by atoms with E-state index in [4.69, 9.17) is 0 Å². The van der Waals surface area contributed by atoms with Crippen molar-refractivity contribution in [3.63, 3.8) is 0 Å². The van der Waals surface area contributed by atoms with Crippen molar-refractivity contribution in [1.82, 2.24) is 9.97 Å². The van der Waals surface area contributed by atoms with Crippen LogP contribution in [0.2, 0.25) is 0 Å². The molecule has 2 aliphatic rings. The Morgan fingerprint density at radius 2 is 2.27 bits per heavy atom. The predicted octanol–water partition coefficient (Wildman–Crippen LogP) is 0.875. The van der Waals surface area contributed by atoms with Crippen LogP contribution in [0.25, 0.3) is 11.4 Å². The molecule has 0 atom stereocenters. The van der Waals surface area contributed by atoms with Crippen molar-refractivity contribution >= 4 is 0 Å². The molecule has 1 N–H and O–H groups in total. The molecule has 1 aliphatic carbocycles. The molecule has 3 nitrogen and oxygen atoms in total. The number of benzene rings is 1. The molecule has 2 rings (SSSR count). The average molecular weight is 146 g/mol. The monoisotopic (exact) mass is 146 g/mol. The number of H-pyrrole nitrogens is 1. The number of rotatable bonds is 0. The SMILES string of the molecule is O=c1ccc2ncc[nH]c-2c1. The lowest BCUT2D eigenvalue weighted by molar-refractivity contribution is 1.19. The summed E-state index contributed by atoms with van der Waals surface area (Å²) in [6, 6.07) is 4.74. The van der Waals surface area contributed by atoms with Gasteiger partial charge in [-0.1, -0.05) is 0 Å². The van der Waals surface area contributed by atoms with Gasteiger partial charge >= 0.3 is 0 Å². The minimum atomic E-state index is 0.00162. The fraction of sp³-hybridized carbons (Fsp3) is 0. The summed E-state index contributed by atoms with van der Waals surface area (Å²) < 4.78 is 0.